The van der Waals surface area contributed by atoms with E-state index in [0.717, 1.165) is 4.90 Å². The molecule has 0 aromatic heterocycles. The number of carbonyl (C=O) groups is 3. The first kappa shape index (κ1) is 27.0. The van der Waals surface area contributed by atoms with Crippen LogP contribution in [0.5, 0.6) is 5.75 Å². The number of amides is 4. The Labute approximate surface area is 242 Å². The third kappa shape index (κ3) is 5.74. The second kappa shape index (κ2) is 11.1. The molecular formula is C24H12Br2Cl4N2O4. The molecule has 3 aromatic carbocycles. The number of benzene rings is 3. The summed E-state index contributed by atoms with van der Waals surface area (Å²) in [5, 5.41) is 3.47. The second-order valence-electron chi connectivity index (χ2n) is 7.39. The van der Waals surface area contributed by atoms with Crippen molar-refractivity contribution < 1.29 is 19.1 Å². The predicted molar refractivity (Wildman–Crippen MR) is 148 cm³/mol. The van der Waals surface area contributed by atoms with E-state index in [-0.39, 0.29) is 27.9 Å². The van der Waals surface area contributed by atoms with Gasteiger partial charge in [-0.1, -0.05) is 68.4 Å². The topological polar surface area (TPSA) is 75.7 Å². The molecule has 0 unspecified atom stereocenters. The number of halogens is 6. The molecule has 0 bridgehead atoms. The van der Waals surface area contributed by atoms with Gasteiger partial charge in [-0.25, -0.2) is 9.69 Å². The number of imide groups is 2. The molecule has 184 valence electrons. The van der Waals surface area contributed by atoms with Crippen molar-refractivity contribution in [2.75, 3.05) is 4.90 Å². The molecule has 0 atom stereocenters. The lowest BCUT2D eigenvalue weighted by atomic mass is 10.1. The van der Waals surface area contributed by atoms with Gasteiger partial charge in [0, 0.05) is 25.6 Å². The van der Waals surface area contributed by atoms with Crippen LogP contribution in [0, 0.1) is 0 Å². The molecule has 1 aliphatic heterocycles. The first-order chi connectivity index (χ1) is 17.0. The van der Waals surface area contributed by atoms with Crippen LogP contribution in [0.15, 0.2) is 63.0 Å². The maximum absolute atomic E-state index is 13.3. The fourth-order valence-corrected chi connectivity index (χ4v) is 5.43. The highest BCUT2D eigenvalue weighted by atomic mass is 79.9. The summed E-state index contributed by atoms with van der Waals surface area (Å²) in [5.74, 6) is -1.36. The van der Waals surface area contributed by atoms with E-state index in [4.69, 9.17) is 51.1 Å². The van der Waals surface area contributed by atoms with Crippen LogP contribution < -0.4 is 15.0 Å². The molecule has 3 aromatic rings. The van der Waals surface area contributed by atoms with E-state index in [9.17, 15) is 14.4 Å². The summed E-state index contributed by atoms with van der Waals surface area (Å²) in [7, 11) is 0. The van der Waals surface area contributed by atoms with Gasteiger partial charge in [0.05, 0.1) is 20.2 Å². The summed E-state index contributed by atoms with van der Waals surface area (Å²) in [6.45, 7) is 0.0838. The van der Waals surface area contributed by atoms with Gasteiger partial charge in [0.25, 0.3) is 11.8 Å². The van der Waals surface area contributed by atoms with Crippen molar-refractivity contribution in [1.29, 1.82) is 0 Å². The van der Waals surface area contributed by atoms with E-state index in [0.29, 0.717) is 35.9 Å². The highest BCUT2D eigenvalue weighted by Crippen LogP contribution is 2.36. The second-order valence-corrected chi connectivity index (χ2v) is 10.8. The van der Waals surface area contributed by atoms with Crippen molar-refractivity contribution in [1.82, 2.24) is 5.32 Å². The molecule has 12 heteroatoms. The van der Waals surface area contributed by atoms with Crippen molar-refractivity contribution in [2.24, 2.45) is 0 Å². The number of ether oxygens (including phenoxy) is 1. The first-order valence-corrected chi connectivity index (χ1v) is 13.1. The Kier molecular flexibility index (Phi) is 8.34. The highest BCUT2D eigenvalue weighted by Gasteiger charge is 2.37. The third-order valence-corrected chi connectivity index (χ3v) is 7.36. The number of anilines is 1. The maximum Gasteiger partial charge on any atom is 0.335 e. The zero-order valence-corrected chi connectivity index (χ0v) is 23.9. The van der Waals surface area contributed by atoms with Crippen LogP contribution in [0.2, 0.25) is 20.1 Å². The lowest BCUT2D eigenvalue weighted by Crippen LogP contribution is -2.54. The first-order valence-electron chi connectivity index (χ1n) is 9.97. The summed E-state index contributed by atoms with van der Waals surface area (Å²) < 4.78 is 7.21. The Morgan fingerprint density at radius 1 is 0.889 bits per heavy atom. The van der Waals surface area contributed by atoms with Gasteiger partial charge in [-0.3, -0.25) is 14.9 Å². The van der Waals surface area contributed by atoms with E-state index >= 15 is 0 Å². The Balaban J connectivity index is 1.72. The van der Waals surface area contributed by atoms with Gasteiger partial charge in [0.2, 0.25) is 0 Å². The van der Waals surface area contributed by atoms with Gasteiger partial charge in [-0.05, 0) is 64.5 Å². The number of rotatable bonds is 5. The molecule has 1 aliphatic rings. The van der Waals surface area contributed by atoms with Crippen molar-refractivity contribution in [3.05, 3.63) is 94.3 Å². The SMILES string of the molecule is O=C1NC(=O)N(c2ccc(Cl)c(Cl)c2)C(=O)/C1=C/c1cc(Br)cc(Br)c1OCc1ccc(Cl)cc1Cl. The van der Waals surface area contributed by atoms with Crippen LogP contribution >= 0.6 is 78.3 Å². The van der Waals surface area contributed by atoms with E-state index < -0.39 is 17.8 Å². The molecular weight excluding hydrogens is 682 g/mol. The molecule has 4 amide bonds. The number of urea groups is 1. The quantitative estimate of drug-likeness (QED) is 0.217. The third-order valence-electron chi connectivity index (χ3n) is 4.99. The van der Waals surface area contributed by atoms with Crippen LogP contribution in [0.4, 0.5) is 10.5 Å². The van der Waals surface area contributed by atoms with Gasteiger partial charge in [-0.2, -0.15) is 0 Å². The predicted octanol–water partition coefficient (Wildman–Crippen LogP) is 8.07. The van der Waals surface area contributed by atoms with Gasteiger partial charge in [0.1, 0.15) is 17.9 Å². The van der Waals surface area contributed by atoms with Crippen molar-refractivity contribution >= 4 is 108 Å². The Morgan fingerprint density at radius 3 is 2.33 bits per heavy atom. The summed E-state index contributed by atoms with van der Waals surface area (Å²) in [4.78, 5) is 39.3. The maximum atomic E-state index is 13.3. The highest BCUT2D eigenvalue weighted by molar-refractivity contribution is 9.11. The number of nitrogens with zero attached hydrogens (tertiary/aromatic N) is 1. The minimum atomic E-state index is -0.912. The van der Waals surface area contributed by atoms with E-state index in [1.54, 1.807) is 30.3 Å². The Hall–Kier alpha value is -2.07. The molecule has 1 heterocycles. The average molecular weight is 694 g/mol. The molecule has 0 saturated carbocycles. The Morgan fingerprint density at radius 2 is 1.64 bits per heavy atom. The molecule has 0 radical (unpaired) electrons. The number of hydrogen-bond donors (Lipinski definition) is 1. The van der Waals surface area contributed by atoms with E-state index in [2.05, 4.69) is 37.2 Å². The molecule has 0 aliphatic carbocycles. The van der Waals surface area contributed by atoms with Gasteiger partial charge in [-0.15, -0.1) is 0 Å². The summed E-state index contributed by atoms with van der Waals surface area (Å²) in [6.07, 6.45) is 1.34. The van der Waals surface area contributed by atoms with Gasteiger partial charge >= 0.3 is 6.03 Å². The monoisotopic (exact) mass is 690 g/mol. The Bertz CT molecular complexity index is 1460. The lowest BCUT2D eigenvalue weighted by molar-refractivity contribution is -0.122. The van der Waals surface area contributed by atoms with E-state index in [1.165, 1.54) is 24.3 Å². The van der Waals surface area contributed by atoms with Crippen molar-refractivity contribution in [3.8, 4) is 5.75 Å². The molecule has 1 N–H and O–H groups in total. The standard InChI is InChI=1S/C24H12Br2Cl4N2O4/c25-13-5-12(21(17(26)7-13)36-10-11-1-2-14(27)8-19(11)29)6-16-22(33)31-24(35)32(23(16)34)15-3-4-18(28)20(30)9-15/h1-9H,10H2,(H,31,33,35)/b16-6+. The fraction of sp³-hybridized carbons (Fsp3) is 0.0417. The van der Waals surface area contributed by atoms with Crippen molar-refractivity contribution in [3.63, 3.8) is 0 Å². The van der Waals surface area contributed by atoms with Crippen LogP contribution in [0.25, 0.3) is 6.08 Å². The molecule has 6 nitrogen and oxygen atoms in total. The zero-order valence-electron chi connectivity index (χ0n) is 17.8. The minimum absolute atomic E-state index is 0.0838. The molecule has 36 heavy (non-hydrogen) atoms. The molecule has 1 fully saturated rings. The fourth-order valence-electron chi connectivity index (χ4n) is 3.30. The molecule has 0 spiro atoms. The molecule has 4 rings (SSSR count). The normalized spacial score (nSPS) is 14.9. The van der Waals surface area contributed by atoms with Crippen molar-refractivity contribution in [2.45, 2.75) is 6.61 Å². The zero-order chi connectivity index (χ0) is 26.1. The number of carbonyl (C=O) groups excluding carboxylic acids is 3. The summed E-state index contributed by atoms with van der Waals surface area (Å²) in [6, 6.07) is 11.8. The molecule has 1 saturated heterocycles. The van der Waals surface area contributed by atoms with Gasteiger partial charge in [0.15, 0.2) is 0 Å². The smallest absolute Gasteiger partial charge is 0.335 e. The number of hydrogen-bond acceptors (Lipinski definition) is 4. The summed E-state index contributed by atoms with van der Waals surface area (Å²) >= 11 is 31.1. The minimum Gasteiger partial charge on any atom is -0.487 e. The summed E-state index contributed by atoms with van der Waals surface area (Å²) in [5.41, 5.74) is 0.926. The van der Waals surface area contributed by atoms with Crippen LogP contribution in [0.3, 0.4) is 0 Å². The number of nitrogens with one attached hydrogen (secondary N) is 1. The number of barbiturate groups is 1. The lowest BCUT2D eigenvalue weighted by Gasteiger charge is -2.26. The largest absolute Gasteiger partial charge is 0.487 e. The average Bonchev–Trinajstić information content (AvgIpc) is 2.79. The van der Waals surface area contributed by atoms with Crippen LogP contribution in [0.1, 0.15) is 11.1 Å². The van der Waals surface area contributed by atoms with Crippen LogP contribution in [-0.4, -0.2) is 17.8 Å². The van der Waals surface area contributed by atoms with Crippen LogP contribution in [-0.2, 0) is 16.2 Å². The van der Waals surface area contributed by atoms with E-state index in [1.807, 2.05) is 0 Å². The van der Waals surface area contributed by atoms with Gasteiger partial charge < -0.3 is 4.74 Å².